The molecule has 4 nitrogen and oxygen atoms in total. The van der Waals surface area contributed by atoms with Crippen molar-refractivity contribution in [1.82, 2.24) is 0 Å². The summed E-state index contributed by atoms with van der Waals surface area (Å²) in [5, 5.41) is 19.4. The second kappa shape index (κ2) is 9.21. The van der Waals surface area contributed by atoms with Gasteiger partial charge in [0.1, 0.15) is 5.78 Å². The minimum Gasteiger partial charge on any atom is -0.481 e. The molecule has 0 saturated heterocycles. The van der Waals surface area contributed by atoms with Crippen molar-refractivity contribution in [2.75, 3.05) is 0 Å². The minimum atomic E-state index is -0.930. The van der Waals surface area contributed by atoms with Gasteiger partial charge in [0.15, 0.2) is 0 Å². The van der Waals surface area contributed by atoms with Crippen molar-refractivity contribution in [2.24, 2.45) is 17.3 Å². The zero-order valence-corrected chi connectivity index (χ0v) is 14.8. The van der Waals surface area contributed by atoms with Gasteiger partial charge in [0.05, 0.1) is 12.5 Å². The monoisotopic (exact) mass is 324 g/mol. The van der Waals surface area contributed by atoms with E-state index in [9.17, 15) is 14.7 Å². The number of aliphatic hydroxyl groups is 1. The van der Waals surface area contributed by atoms with Crippen molar-refractivity contribution in [3.63, 3.8) is 0 Å². The molecule has 2 N–H and O–H groups in total. The van der Waals surface area contributed by atoms with Crippen LogP contribution < -0.4 is 0 Å². The number of carbonyl (C=O) groups is 2. The minimum absolute atomic E-state index is 0.0374. The third-order valence-electron chi connectivity index (χ3n) is 5.06. The quantitative estimate of drug-likeness (QED) is 0.471. The molecule has 132 valence electrons. The predicted molar refractivity (Wildman–Crippen MR) is 91.2 cm³/mol. The van der Waals surface area contributed by atoms with Crippen LogP contribution in [0.25, 0.3) is 0 Å². The first-order chi connectivity index (χ1) is 10.8. The van der Waals surface area contributed by atoms with Crippen LogP contribution in [-0.2, 0) is 9.59 Å². The Hall–Kier alpha value is -1.16. The maximum absolute atomic E-state index is 11.8. The fourth-order valence-electron chi connectivity index (χ4n) is 3.28. The molecule has 1 fully saturated rings. The maximum Gasteiger partial charge on any atom is 0.304 e. The molecule has 3 atom stereocenters. The van der Waals surface area contributed by atoms with E-state index in [0.717, 1.165) is 12.8 Å². The average molecular weight is 324 g/mol. The largest absolute Gasteiger partial charge is 0.481 e. The Morgan fingerprint density at radius 1 is 1.35 bits per heavy atom. The van der Waals surface area contributed by atoms with E-state index < -0.39 is 18.0 Å². The second-order valence-corrected chi connectivity index (χ2v) is 7.50. The van der Waals surface area contributed by atoms with Crippen LogP contribution >= 0.6 is 0 Å². The Balaban J connectivity index is 2.56. The van der Waals surface area contributed by atoms with E-state index in [1.165, 1.54) is 19.3 Å². The highest BCUT2D eigenvalue weighted by molar-refractivity contribution is 5.87. The molecule has 1 aliphatic rings. The number of carboxylic acids is 1. The zero-order valence-electron chi connectivity index (χ0n) is 14.8. The average Bonchev–Trinajstić information content (AvgIpc) is 2.81. The second-order valence-electron chi connectivity index (χ2n) is 7.50. The number of hydrogen-bond acceptors (Lipinski definition) is 3. The molecule has 0 bridgehead atoms. The van der Waals surface area contributed by atoms with Gasteiger partial charge in [0.25, 0.3) is 0 Å². The van der Waals surface area contributed by atoms with Crippen LogP contribution in [0.15, 0.2) is 12.2 Å². The first-order valence-corrected chi connectivity index (χ1v) is 8.89. The van der Waals surface area contributed by atoms with Crippen molar-refractivity contribution >= 4 is 11.8 Å². The molecule has 0 aromatic carbocycles. The fraction of sp³-hybridized carbons (Fsp3) is 0.789. The number of aliphatic hydroxyl groups excluding tert-OH is 1. The molecule has 0 amide bonds. The highest BCUT2D eigenvalue weighted by atomic mass is 16.4. The van der Waals surface area contributed by atoms with Gasteiger partial charge in [-0.2, -0.15) is 0 Å². The van der Waals surface area contributed by atoms with E-state index in [1.807, 2.05) is 6.08 Å². The van der Waals surface area contributed by atoms with Crippen LogP contribution in [0.5, 0.6) is 0 Å². The van der Waals surface area contributed by atoms with E-state index in [4.69, 9.17) is 5.11 Å². The maximum atomic E-state index is 11.8. The number of unbranched alkanes of at least 4 members (excludes halogenated alkanes) is 3. The summed E-state index contributed by atoms with van der Waals surface area (Å²) in [5.74, 6) is -1.37. The predicted octanol–water partition coefficient (Wildman–Crippen LogP) is 3.97. The molecule has 23 heavy (non-hydrogen) atoms. The molecule has 1 saturated carbocycles. The van der Waals surface area contributed by atoms with Crippen LogP contribution in [0.2, 0.25) is 0 Å². The third-order valence-corrected chi connectivity index (χ3v) is 5.06. The number of carboxylic acid groups (broad SMARTS) is 1. The van der Waals surface area contributed by atoms with Gasteiger partial charge in [0.2, 0.25) is 0 Å². The first kappa shape index (κ1) is 19.9. The van der Waals surface area contributed by atoms with Crippen LogP contribution in [0, 0.1) is 17.3 Å². The Kier molecular flexibility index (Phi) is 7.97. The van der Waals surface area contributed by atoms with Crippen molar-refractivity contribution in [3.8, 4) is 0 Å². The van der Waals surface area contributed by atoms with Gasteiger partial charge in [-0.05, 0) is 24.2 Å². The lowest BCUT2D eigenvalue weighted by Gasteiger charge is -2.29. The van der Waals surface area contributed by atoms with Crippen LogP contribution in [0.4, 0.5) is 0 Å². The summed E-state index contributed by atoms with van der Waals surface area (Å²) in [5.41, 5.74) is -0.199. The Labute approximate surface area is 140 Å². The van der Waals surface area contributed by atoms with E-state index >= 15 is 0 Å². The van der Waals surface area contributed by atoms with Gasteiger partial charge in [-0.25, -0.2) is 0 Å². The molecule has 1 rings (SSSR count). The first-order valence-electron chi connectivity index (χ1n) is 8.89. The van der Waals surface area contributed by atoms with Crippen molar-refractivity contribution in [2.45, 2.75) is 78.2 Å². The normalized spacial score (nSPS) is 23.6. The summed E-state index contributed by atoms with van der Waals surface area (Å²) in [4.78, 5) is 22.7. The summed E-state index contributed by atoms with van der Waals surface area (Å²) in [6, 6.07) is 0. The number of hydrogen-bond donors (Lipinski definition) is 2. The third kappa shape index (κ3) is 6.46. The summed E-state index contributed by atoms with van der Waals surface area (Å²) < 4.78 is 0. The Morgan fingerprint density at radius 2 is 2.04 bits per heavy atom. The lowest BCUT2D eigenvalue weighted by Crippen LogP contribution is -2.28. The Bertz CT molecular complexity index is 425. The molecule has 0 spiro atoms. The molecule has 0 aromatic heterocycles. The smallest absolute Gasteiger partial charge is 0.304 e. The number of carbonyl (C=O) groups excluding carboxylic acids is 1. The van der Waals surface area contributed by atoms with E-state index in [-0.39, 0.29) is 23.5 Å². The molecule has 1 unspecified atom stereocenters. The summed E-state index contributed by atoms with van der Waals surface area (Å²) in [6.45, 7) is 6.30. The summed E-state index contributed by atoms with van der Waals surface area (Å²) in [6.07, 6.45) is 9.79. The van der Waals surface area contributed by atoms with Crippen LogP contribution in [-0.4, -0.2) is 28.1 Å². The van der Waals surface area contributed by atoms with E-state index in [0.29, 0.717) is 12.8 Å². The molecule has 4 heteroatoms. The fourth-order valence-corrected chi connectivity index (χ4v) is 3.28. The molecule has 0 radical (unpaired) electrons. The van der Waals surface area contributed by atoms with Crippen molar-refractivity contribution in [1.29, 1.82) is 0 Å². The number of Topliss-reactive ketones (excluding diaryl/α,β-unsaturated/α-hetero) is 1. The molecular formula is C19H32O4. The number of ketones is 1. The highest BCUT2D eigenvalue weighted by Gasteiger charge is 2.35. The van der Waals surface area contributed by atoms with Gasteiger partial charge in [-0.3, -0.25) is 9.59 Å². The molecular weight excluding hydrogens is 292 g/mol. The molecule has 0 aliphatic heterocycles. The number of allylic oxidation sites excluding steroid dienone is 1. The van der Waals surface area contributed by atoms with Gasteiger partial charge < -0.3 is 10.2 Å². The van der Waals surface area contributed by atoms with Gasteiger partial charge in [-0.1, -0.05) is 58.6 Å². The summed E-state index contributed by atoms with van der Waals surface area (Å²) >= 11 is 0. The van der Waals surface area contributed by atoms with Gasteiger partial charge in [0, 0.05) is 12.3 Å². The number of aliphatic carboxylic acids is 1. The lowest BCUT2D eigenvalue weighted by atomic mass is 9.80. The SMILES string of the molecule is CCCCCCC(C)(C)C(O)C=C[C@@H]1CCC(=O)[C@H]1CC(=O)O. The molecule has 0 aromatic rings. The Morgan fingerprint density at radius 3 is 2.65 bits per heavy atom. The summed E-state index contributed by atoms with van der Waals surface area (Å²) in [7, 11) is 0. The molecule has 0 heterocycles. The van der Waals surface area contributed by atoms with Gasteiger partial charge in [-0.15, -0.1) is 0 Å². The van der Waals surface area contributed by atoms with Gasteiger partial charge >= 0.3 is 5.97 Å². The van der Waals surface area contributed by atoms with Crippen LogP contribution in [0.3, 0.4) is 0 Å². The standard InChI is InChI=1S/C19H32O4/c1-4-5-6-7-12-19(2,3)17(21)11-9-14-8-10-16(20)15(14)13-18(22)23/h9,11,14-15,17,21H,4-8,10,12-13H2,1-3H3,(H,22,23)/t14-,15-,17?/m0/s1. The topological polar surface area (TPSA) is 74.6 Å². The molecule has 1 aliphatic carbocycles. The lowest BCUT2D eigenvalue weighted by molar-refractivity contribution is -0.140. The number of rotatable bonds is 10. The highest BCUT2D eigenvalue weighted by Crippen LogP contribution is 2.34. The van der Waals surface area contributed by atoms with Crippen molar-refractivity contribution < 1.29 is 19.8 Å². The van der Waals surface area contributed by atoms with Crippen LogP contribution in [0.1, 0.15) is 72.1 Å². The van der Waals surface area contributed by atoms with Crippen molar-refractivity contribution in [3.05, 3.63) is 12.2 Å². The zero-order chi connectivity index (χ0) is 17.5. The van der Waals surface area contributed by atoms with E-state index in [2.05, 4.69) is 20.8 Å². The van der Waals surface area contributed by atoms with E-state index in [1.54, 1.807) is 6.08 Å².